The molecule has 5 aromatic carbocycles. The minimum absolute atomic E-state index is 0.0549. The topological polar surface area (TPSA) is 117 Å². The number of hydrogen-bond donors (Lipinski definition) is 3. The Labute approximate surface area is 277 Å². The number of nitrogens with zero attached hydrogens (tertiary/aromatic N) is 1. The second-order valence-electron chi connectivity index (χ2n) is 9.52. The summed E-state index contributed by atoms with van der Waals surface area (Å²) in [6.45, 7) is 0. The summed E-state index contributed by atoms with van der Waals surface area (Å²) in [6.07, 6.45) is 0. The Morgan fingerprint density at radius 1 is 0.512 bits per heavy atom. The van der Waals surface area contributed by atoms with Gasteiger partial charge >= 0.3 is 0 Å². The van der Waals surface area contributed by atoms with Gasteiger partial charge in [-0.1, -0.05) is 54.6 Å². The van der Waals surface area contributed by atoms with Crippen LogP contribution in [0.5, 0.6) is 0 Å². The van der Waals surface area contributed by atoms with Crippen LogP contribution in [0.25, 0.3) is 11.1 Å². The molecule has 0 saturated carbocycles. The third-order valence-electron chi connectivity index (χ3n) is 6.71. The van der Waals surface area contributed by atoms with Gasteiger partial charge in [0.15, 0.2) is 0 Å². The van der Waals surface area contributed by atoms with Crippen LogP contribution >= 0.6 is 45.2 Å². The number of fused-ring (bicyclic) bond motifs is 3. The molecule has 0 spiro atoms. The smallest absolute Gasteiger partial charge is 0.261 e. The van der Waals surface area contributed by atoms with Gasteiger partial charge in [0.05, 0.1) is 32.6 Å². The number of halogens is 2. The van der Waals surface area contributed by atoms with Gasteiger partial charge in [-0.2, -0.15) is 5.10 Å². The highest BCUT2D eigenvalue weighted by Crippen LogP contribution is 2.40. The number of anilines is 3. The van der Waals surface area contributed by atoms with Crippen LogP contribution in [-0.2, 0) is 20.0 Å². The number of benzene rings is 5. The van der Waals surface area contributed by atoms with Crippen molar-refractivity contribution in [3.63, 3.8) is 0 Å². The fraction of sp³-hybridized carbons (Fsp3) is 0. The summed E-state index contributed by atoms with van der Waals surface area (Å²) < 4.78 is 60.6. The molecule has 0 heterocycles. The molecule has 1 aliphatic carbocycles. The maximum absolute atomic E-state index is 13.4. The first kappa shape index (κ1) is 29.6. The van der Waals surface area contributed by atoms with Crippen molar-refractivity contribution in [3.05, 3.63) is 134 Å². The zero-order chi connectivity index (χ0) is 30.2. The van der Waals surface area contributed by atoms with E-state index in [9.17, 15) is 16.8 Å². The van der Waals surface area contributed by atoms with Gasteiger partial charge in [-0.15, -0.1) is 0 Å². The lowest BCUT2D eigenvalue weighted by atomic mass is 10.1. The van der Waals surface area contributed by atoms with Crippen LogP contribution in [-0.4, -0.2) is 22.5 Å². The van der Waals surface area contributed by atoms with Crippen molar-refractivity contribution in [2.75, 3.05) is 14.9 Å². The third kappa shape index (κ3) is 6.14. The molecule has 0 aliphatic heterocycles. The average Bonchev–Trinajstić information content (AvgIpc) is 3.31. The monoisotopic (exact) mass is 832 g/mol. The molecule has 0 amide bonds. The van der Waals surface area contributed by atoms with Crippen molar-refractivity contribution < 1.29 is 16.8 Å². The van der Waals surface area contributed by atoms with Gasteiger partial charge in [0, 0.05) is 18.3 Å². The Hall–Kier alpha value is -3.47. The second-order valence-corrected chi connectivity index (χ2v) is 15.2. The maximum atomic E-state index is 13.4. The van der Waals surface area contributed by atoms with Crippen LogP contribution in [0.4, 0.5) is 17.1 Å². The van der Waals surface area contributed by atoms with E-state index in [1.54, 1.807) is 48.5 Å². The Morgan fingerprint density at radius 3 is 1.42 bits per heavy atom. The van der Waals surface area contributed by atoms with Gasteiger partial charge in [-0.3, -0.25) is 14.9 Å². The second kappa shape index (κ2) is 11.9. The highest BCUT2D eigenvalue weighted by molar-refractivity contribution is 14.1. The summed E-state index contributed by atoms with van der Waals surface area (Å²) in [7, 11) is -7.88. The molecule has 43 heavy (non-hydrogen) atoms. The first-order chi connectivity index (χ1) is 20.6. The van der Waals surface area contributed by atoms with Gasteiger partial charge in [0.1, 0.15) is 0 Å². The number of nitrogens with one attached hydrogen (secondary N) is 3. The van der Waals surface area contributed by atoms with Crippen molar-refractivity contribution in [1.82, 2.24) is 0 Å². The Balaban J connectivity index is 1.43. The quantitative estimate of drug-likeness (QED) is 0.110. The molecule has 0 saturated heterocycles. The first-order valence-corrected chi connectivity index (χ1v) is 18.0. The van der Waals surface area contributed by atoms with Crippen molar-refractivity contribution in [2.45, 2.75) is 9.79 Å². The van der Waals surface area contributed by atoms with E-state index >= 15 is 0 Å². The van der Waals surface area contributed by atoms with Crippen LogP contribution in [0, 0.1) is 7.14 Å². The van der Waals surface area contributed by atoms with Crippen molar-refractivity contribution in [3.8, 4) is 11.1 Å². The predicted octanol–water partition coefficient (Wildman–Crippen LogP) is 7.34. The molecule has 6 rings (SSSR count). The summed E-state index contributed by atoms with van der Waals surface area (Å²) in [6, 6.07) is 33.2. The fourth-order valence-electron chi connectivity index (χ4n) is 4.64. The molecular formula is C31H22I2N4O4S2. The molecule has 0 radical (unpaired) electrons. The van der Waals surface area contributed by atoms with Crippen LogP contribution in [0.1, 0.15) is 11.1 Å². The third-order valence-corrected chi connectivity index (χ3v) is 11.3. The Morgan fingerprint density at radius 2 is 0.953 bits per heavy atom. The number of hydrazone groups is 1. The summed E-state index contributed by atoms with van der Waals surface area (Å²) in [5.41, 5.74) is 7.73. The van der Waals surface area contributed by atoms with Crippen LogP contribution in [0.15, 0.2) is 130 Å². The van der Waals surface area contributed by atoms with E-state index in [4.69, 9.17) is 0 Å². The highest BCUT2D eigenvalue weighted by atomic mass is 127. The van der Waals surface area contributed by atoms with Crippen LogP contribution < -0.4 is 14.9 Å². The SMILES string of the molecule is O=S(=O)(Nc1ccccc1I)c1ccc2c(c1)C(=NNc1ccccc1)c1cc(S(=O)(=O)Nc3ccccc3I)ccc1-2. The van der Waals surface area contributed by atoms with E-state index < -0.39 is 20.0 Å². The summed E-state index contributed by atoms with van der Waals surface area (Å²) in [5.74, 6) is 0. The average molecular weight is 832 g/mol. The van der Waals surface area contributed by atoms with E-state index in [0.29, 0.717) is 28.2 Å². The van der Waals surface area contributed by atoms with Gasteiger partial charge in [-0.05, 0) is 117 Å². The summed E-state index contributed by atoms with van der Waals surface area (Å²) >= 11 is 4.16. The van der Waals surface area contributed by atoms with Gasteiger partial charge in [-0.25, -0.2) is 16.8 Å². The molecule has 1 aliphatic rings. The molecular weight excluding hydrogens is 810 g/mol. The van der Waals surface area contributed by atoms with E-state index in [2.05, 4.69) is 65.2 Å². The molecule has 0 bridgehead atoms. The van der Waals surface area contributed by atoms with Crippen LogP contribution in [0.3, 0.4) is 0 Å². The maximum Gasteiger partial charge on any atom is 0.261 e. The van der Waals surface area contributed by atoms with Gasteiger partial charge in [0.25, 0.3) is 20.0 Å². The summed E-state index contributed by atoms with van der Waals surface area (Å²) in [4.78, 5) is 0.110. The Bertz CT molecular complexity index is 1990. The first-order valence-electron chi connectivity index (χ1n) is 12.8. The molecule has 216 valence electrons. The lowest BCUT2D eigenvalue weighted by Gasteiger charge is -2.11. The number of para-hydroxylation sites is 3. The normalized spacial score (nSPS) is 12.3. The minimum atomic E-state index is -3.94. The highest BCUT2D eigenvalue weighted by Gasteiger charge is 2.30. The number of sulfonamides is 2. The molecule has 0 aromatic heterocycles. The predicted molar refractivity (Wildman–Crippen MR) is 188 cm³/mol. The zero-order valence-electron chi connectivity index (χ0n) is 22.1. The van der Waals surface area contributed by atoms with E-state index in [0.717, 1.165) is 24.0 Å². The molecule has 0 unspecified atom stereocenters. The Kier molecular flexibility index (Phi) is 8.19. The molecule has 0 atom stereocenters. The number of rotatable bonds is 8. The van der Waals surface area contributed by atoms with Crippen molar-refractivity contribution >= 4 is 88.0 Å². The van der Waals surface area contributed by atoms with Crippen LogP contribution in [0.2, 0.25) is 0 Å². The summed E-state index contributed by atoms with van der Waals surface area (Å²) in [5, 5.41) is 4.65. The van der Waals surface area contributed by atoms with E-state index in [-0.39, 0.29) is 9.79 Å². The largest absolute Gasteiger partial charge is 0.279 e. The lowest BCUT2D eigenvalue weighted by molar-refractivity contribution is 0.599. The molecule has 0 fully saturated rings. The number of hydrogen-bond acceptors (Lipinski definition) is 6. The van der Waals surface area contributed by atoms with Gasteiger partial charge < -0.3 is 0 Å². The van der Waals surface area contributed by atoms with Crippen molar-refractivity contribution in [2.24, 2.45) is 5.10 Å². The fourth-order valence-corrected chi connectivity index (χ4v) is 8.26. The van der Waals surface area contributed by atoms with Crippen molar-refractivity contribution in [1.29, 1.82) is 0 Å². The zero-order valence-corrected chi connectivity index (χ0v) is 28.1. The standard InChI is InChI=1S/C31H22I2N4O4S2/c32-27-10-4-6-12-29(27)36-42(38,39)21-14-16-23-24-17-15-22(43(40,41)37-30-13-7-5-11-28(30)33)19-26(24)31(25(23)18-21)35-34-20-8-2-1-3-9-20/h1-19,34,36-37H. The van der Waals surface area contributed by atoms with Gasteiger partial charge in [0.2, 0.25) is 0 Å². The molecule has 5 aromatic rings. The van der Waals surface area contributed by atoms with E-state index in [1.165, 1.54) is 12.1 Å². The molecule has 8 nitrogen and oxygen atoms in total. The minimum Gasteiger partial charge on any atom is -0.279 e. The molecule has 12 heteroatoms. The molecule has 3 N–H and O–H groups in total. The lowest BCUT2D eigenvalue weighted by Crippen LogP contribution is -2.15. The van der Waals surface area contributed by atoms with E-state index in [1.807, 2.05) is 54.6 Å².